The average molecular weight is 326 g/mol. The number of aromatic nitrogens is 6. The van der Waals surface area contributed by atoms with Gasteiger partial charge in [0.25, 0.3) is 0 Å². The van der Waals surface area contributed by atoms with Crippen molar-refractivity contribution in [3.63, 3.8) is 0 Å². The molecule has 0 bridgehead atoms. The van der Waals surface area contributed by atoms with E-state index in [1.165, 1.54) is 0 Å². The SMILES string of the molecule is Cc1cccn2cc(CSc3nnnn3Cc3ccco3)nc12. The van der Waals surface area contributed by atoms with Crippen LogP contribution in [0.3, 0.4) is 0 Å². The molecule has 0 aliphatic rings. The van der Waals surface area contributed by atoms with Crippen LogP contribution in [-0.4, -0.2) is 29.6 Å². The largest absolute Gasteiger partial charge is 0.467 e. The fourth-order valence-corrected chi connectivity index (χ4v) is 3.12. The molecule has 0 fully saturated rings. The molecule has 23 heavy (non-hydrogen) atoms. The van der Waals surface area contributed by atoms with Gasteiger partial charge in [0.1, 0.15) is 18.0 Å². The number of nitrogens with zero attached hydrogens (tertiary/aromatic N) is 6. The summed E-state index contributed by atoms with van der Waals surface area (Å²) in [5.74, 6) is 1.53. The first kappa shape index (κ1) is 14.0. The minimum atomic E-state index is 0.520. The number of hydrogen-bond donors (Lipinski definition) is 0. The Morgan fingerprint density at radius 1 is 1.26 bits per heavy atom. The molecule has 0 aliphatic carbocycles. The number of hydrogen-bond acceptors (Lipinski definition) is 6. The molecule has 0 unspecified atom stereocenters. The van der Waals surface area contributed by atoms with Gasteiger partial charge in [-0.15, -0.1) is 5.10 Å². The molecule has 0 amide bonds. The number of pyridine rings is 1. The third kappa shape index (κ3) is 2.85. The molecule has 0 aromatic carbocycles. The van der Waals surface area contributed by atoms with Crippen LogP contribution < -0.4 is 0 Å². The van der Waals surface area contributed by atoms with Gasteiger partial charge in [-0.3, -0.25) is 0 Å². The zero-order valence-electron chi connectivity index (χ0n) is 12.5. The van der Waals surface area contributed by atoms with Crippen LogP contribution in [0.2, 0.25) is 0 Å². The van der Waals surface area contributed by atoms with Crippen molar-refractivity contribution >= 4 is 17.4 Å². The Labute approximate surface area is 136 Å². The van der Waals surface area contributed by atoms with Gasteiger partial charge in [-0.05, 0) is 41.1 Å². The Balaban J connectivity index is 1.50. The highest BCUT2D eigenvalue weighted by atomic mass is 32.2. The summed E-state index contributed by atoms with van der Waals surface area (Å²) in [6.07, 6.45) is 5.69. The maximum atomic E-state index is 5.34. The minimum Gasteiger partial charge on any atom is -0.467 e. The molecule has 8 heteroatoms. The topological polar surface area (TPSA) is 74.0 Å². The molecule has 0 saturated heterocycles. The zero-order chi connectivity index (χ0) is 15.6. The summed E-state index contributed by atoms with van der Waals surface area (Å²) in [6.45, 7) is 2.58. The molecule has 4 heterocycles. The molecular weight excluding hydrogens is 312 g/mol. The smallest absolute Gasteiger partial charge is 0.210 e. The number of fused-ring (bicyclic) bond motifs is 1. The monoisotopic (exact) mass is 326 g/mol. The van der Waals surface area contributed by atoms with Gasteiger partial charge in [-0.1, -0.05) is 17.8 Å². The van der Waals surface area contributed by atoms with Gasteiger partial charge < -0.3 is 8.82 Å². The number of imidazole rings is 1. The highest BCUT2D eigenvalue weighted by Crippen LogP contribution is 2.21. The highest BCUT2D eigenvalue weighted by Gasteiger charge is 2.11. The summed E-state index contributed by atoms with van der Waals surface area (Å²) in [4.78, 5) is 4.66. The van der Waals surface area contributed by atoms with E-state index < -0.39 is 0 Å². The number of thioether (sulfide) groups is 1. The maximum Gasteiger partial charge on any atom is 0.210 e. The van der Waals surface area contributed by atoms with Crippen molar-refractivity contribution in [2.45, 2.75) is 24.4 Å². The molecular formula is C15H14N6OS. The van der Waals surface area contributed by atoms with Crippen LogP contribution in [0.4, 0.5) is 0 Å². The van der Waals surface area contributed by atoms with Crippen molar-refractivity contribution in [2.75, 3.05) is 0 Å². The summed E-state index contributed by atoms with van der Waals surface area (Å²) in [6, 6.07) is 7.83. The van der Waals surface area contributed by atoms with Crippen molar-refractivity contribution in [3.8, 4) is 0 Å². The van der Waals surface area contributed by atoms with Gasteiger partial charge in [0, 0.05) is 18.1 Å². The van der Waals surface area contributed by atoms with Crippen molar-refractivity contribution < 1.29 is 4.42 Å². The van der Waals surface area contributed by atoms with Gasteiger partial charge in [0.2, 0.25) is 5.16 Å². The summed E-state index contributed by atoms with van der Waals surface area (Å²) in [7, 11) is 0. The zero-order valence-corrected chi connectivity index (χ0v) is 13.3. The average Bonchev–Trinajstić information content (AvgIpc) is 3.26. The van der Waals surface area contributed by atoms with E-state index in [4.69, 9.17) is 4.42 Å². The van der Waals surface area contributed by atoms with E-state index in [1.54, 1.807) is 22.7 Å². The van der Waals surface area contributed by atoms with E-state index in [-0.39, 0.29) is 0 Å². The van der Waals surface area contributed by atoms with Gasteiger partial charge in [-0.2, -0.15) is 0 Å². The molecule has 0 radical (unpaired) electrons. The molecule has 4 aromatic heterocycles. The standard InChI is InChI=1S/C15H14N6OS/c1-11-4-2-6-20-8-12(16-14(11)20)10-23-15-17-18-19-21(15)9-13-5-3-7-22-13/h2-8H,9-10H2,1H3. The van der Waals surface area contributed by atoms with Crippen molar-refractivity contribution in [3.05, 3.63) is 59.9 Å². The lowest BCUT2D eigenvalue weighted by molar-refractivity contribution is 0.462. The second-order valence-corrected chi connectivity index (χ2v) is 6.08. The van der Waals surface area contributed by atoms with Crippen LogP contribution in [0.5, 0.6) is 0 Å². The summed E-state index contributed by atoms with van der Waals surface area (Å²) in [5.41, 5.74) is 3.14. The van der Waals surface area contributed by atoms with Crippen molar-refractivity contribution in [2.24, 2.45) is 0 Å². The third-order valence-corrected chi connectivity index (χ3v) is 4.45. The Bertz CT molecular complexity index is 927. The molecule has 0 aliphatic heterocycles. The van der Waals surface area contributed by atoms with E-state index in [0.29, 0.717) is 12.3 Å². The van der Waals surface area contributed by atoms with Crippen molar-refractivity contribution in [1.82, 2.24) is 29.6 Å². The first-order chi connectivity index (χ1) is 11.3. The van der Waals surface area contributed by atoms with Crippen LogP contribution in [0, 0.1) is 6.92 Å². The van der Waals surface area contributed by atoms with Crippen LogP contribution in [-0.2, 0) is 12.3 Å². The van der Waals surface area contributed by atoms with Crippen LogP contribution >= 0.6 is 11.8 Å². The normalized spacial score (nSPS) is 11.3. The lowest BCUT2D eigenvalue weighted by atomic mass is 10.3. The van der Waals surface area contributed by atoms with E-state index in [0.717, 1.165) is 27.8 Å². The predicted molar refractivity (Wildman–Crippen MR) is 85.1 cm³/mol. The van der Waals surface area contributed by atoms with E-state index in [9.17, 15) is 0 Å². The molecule has 116 valence electrons. The van der Waals surface area contributed by atoms with Crippen LogP contribution in [0.15, 0.2) is 52.5 Å². The summed E-state index contributed by atoms with van der Waals surface area (Å²) in [5, 5.41) is 12.6. The quantitative estimate of drug-likeness (QED) is 0.525. The second-order valence-electron chi connectivity index (χ2n) is 5.14. The number of furan rings is 1. The lowest BCUT2D eigenvalue weighted by Crippen LogP contribution is -2.03. The predicted octanol–water partition coefficient (Wildman–Crippen LogP) is 2.56. The molecule has 4 aromatic rings. The van der Waals surface area contributed by atoms with E-state index >= 15 is 0 Å². The van der Waals surface area contributed by atoms with Gasteiger partial charge in [0.05, 0.1) is 12.0 Å². The number of tetrazole rings is 1. The van der Waals surface area contributed by atoms with Crippen LogP contribution in [0.25, 0.3) is 5.65 Å². The lowest BCUT2D eigenvalue weighted by Gasteiger charge is -2.00. The molecule has 0 atom stereocenters. The minimum absolute atomic E-state index is 0.520. The van der Waals surface area contributed by atoms with Crippen LogP contribution in [0.1, 0.15) is 17.0 Å². The number of rotatable bonds is 5. The van der Waals surface area contributed by atoms with E-state index in [2.05, 4.69) is 33.5 Å². The summed E-state index contributed by atoms with van der Waals surface area (Å²) >= 11 is 1.56. The molecule has 0 spiro atoms. The van der Waals surface area contributed by atoms with Gasteiger partial charge >= 0.3 is 0 Å². The first-order valence-electron chi connectivity index (χ1n) is 7.14. The first-order valence-corrected chi connectivity index (χ1v) is 8.13. The van der Waals surface area contributed by atoms with Gasteiger partial charge in [0.15, 0.2) is 0 Å². The van der Waals surface area contributed by atoms with Crippen molar-refractivity contribution in [1.29, 1.82) is 0 Å². The second kappa shape index (κ2) is 5.88. The Morgan fingerprint density at radius 2 is 2.22 bits per heavy atom. The highest BCUT2D eigenvalue weighted by molar-refractivity contribution is 7.98. The molecule has 7 nitrogen and oxygen atoms in total. The maximum absolute atomic E-state index is 5.34. The molecule has 4 rings (SSSR count). The fraction of sp³-hybridized carbons (Fsp3) is 0.200. The molecule has 0 saturated carbocycles. The van der Waals surface area contributed by atoms with E-state index in [1.807, 2.05) is 35.0 Å². The number of aryl methyl sites for hydroxylation is 1. The summed E-state index contributed by atoms with van der Waals surface area (Å²) < 4.78 is 9.10. The third-order valence-electron chi connectivity index (χ3n) is 3.46. The Hall–Kier alpha value is -2.61. The Morgan fingerprint density at radius 3 is 3.04 bits per heavy atom. The fourth-order valence-electron chi connectivity index (χ4n) is 2.36. The Kier molecular flexibility index (Phi) is 3.58. The molecule has 0 N–H and O–H groups in total. The van der Waals surface area contributed by atoms with Gasteiger partial charge in [-0.25, -0.2) is 9.67 Å².